The van der Waals surface area contributed by atoms with Crippen LogP contribution in [-0.4, -0.2) is 26.8 Å². The topological polar surface area (TPSA) is 84.2 Å². The fourth-order valence-electron chi connectivity index (χ4n) is 2.58. The number of carbonyl (C=O) groups excluding carboxylic acids is 1. The van der Waals surface area contributed by atoms with Gasteiger partial charge < -0.3 is 10.4 Å². The van der Waals surface area contributed by atoms with E-state index >= 15 is 0 Å². The number of benzene rings is 1. The molecule has 1 aromatic heterocycles. The summed E-state index contributed by atoms with van der Waals surface area (Å²) in [5.74, 6) is -2.02. The molecule has 2 N–H and O–H groups in total. The molecule has 0 aliphatic heterocycles. The summed E-state index contributed by atoms with van der Waals surface area (Å²) in [4.78, 5) is 22.7. The number of nitrogens with one attached hydrogen (secondary N) is 1. The lowest BCUT2D eigenvalue weighted by atomic mass is 10.1. The van der Waals surface area contributed by atoms with Crippen molar-refractivity contribution < 1.29 is 14.7 Å². The monoisotopic (exact) mass is 299 g/mol. The van der Waals surface area contributed by atoms with Gasteiger partial charge in [-0.05, 0) is 6.42 Å². The van der Waals surface area contributed by atoms with Crippen molar-refractivity contribution in [2.24, 2.45) is 18.9 Å². The Kier molecular flexibility index (Phi) is 3.66. The third kappa shape index (κ3) is 2.86. The molecular formula is C16H17N3O3. The van der Waals surface area contributed by atoms with Gasteiger partial charge in [-0.15, -0.1) is 0 Å². The van der Waals surface area contributed by atoms with Gasteiger partial charge in [0.15, 0.2) is 0 Å². The van der Waals surface area contributed by atoms with Gasteiger partial charge in [0, 0.05) is 30.9 Å². The zero-order chi connectivity index (χ0) is 15.7. The second-order valence-electron chi connectivity index (χ2n) is 5.55. The number of nitrogens with zero attached hydrogens (tertiary/aromatic N) is 2. The van der Waals surface area contributed by atoms with E-state index in [1.54, 1.807) is 4.68 Å². The van der Waals surface area contributed by atoms with Gasteiger partial charge in [-0.25, -0.2) is 0 Å². The maximum absolute atomic E-state index is 11.9. The fraction of sp³-hybridized carbons (Fsp3) is 0.312. The highest BCUT2D eigenvalue weighted by molar-refractivity contribution is 5.89. The van der Waals surface area contributed by atoms with Gasteiger partial charge in [-0.2, -0.15) is 5.10 Å². The Hall–Kier alpha value is -2.63. The predicted molar refractivity (Wildman–Crippen MR) is 79.7 cm³/mol. The molecule has 6 heteroatoms. The highest BCUT2D eigenvalue weighted by Gasteiger charge is 2.48. The molecule has 1 aliphatic carbocycles. The van der Waals surface area contributed by atoms with E-state index in [9.17, 15) is 9.59 Å². The number of rotatable bonds is 5. The first-order valence-electron chi connectivity index (χ1n) is 7.14. The first-order valence-corrected chi connectivity index (χ1v) is 7.14. The van der Waals surface area contributed by atoms with Crippen molar-refractivity contribution in [1.29, 1.82) is 0 Å². The number of amides is 1. The number of carboxylic acids is 1. The van der Waals surface area contributed by atoms with Crippen LogP contribution in [0.3, 0.4) is 0 Å². The minimum atomic E-state index is -0.897. The minimum Gasteiger partial charge on any atom is -0.481 e. The van der Waals surface area contributed by atoms with Crippen LogP contribution in [0, 0.1) is 11.8 Å². The molecule has 1 aliphatic rings. The lowest BCUT2D eigenvalue weighted by Gasteiger charge is -2.05. The number of aromatic nitrogens is 2. The number of aryl methyl sites for hydroxylation is 1. The van der Waals surface area contributed by atoms with E-state index < -0.39 is 17.8 Å². The smallest absolute Gasteiger partial charge is 0.307 e. The van der Waals surface area contributed by atoms with Crippen LogP contribution in [0.2, 0.25) is 0 Å². The summed E-state index contributed by atoms with van der Waals surface area (Å²) in [5, 5.41) is 16.1. The molecule has 1 fully saturated rings. The van der Waals surface area contributed by atoms with Gasteiger partial charge in [0.1, 0.15) is 0 Å². The summed E-state index contributed by atoms with van der Waals surface area (Å²) < 4.78 is 1.71. The van der Waals surface area contributed by atoms with Crippen molar-refractivity contribution in [2.45, 2.75) is 13.0 Å². The third-order valence-electron chi connectivity index (χ3n) is 3.85. The van der Waals surface area contributed by atoms with Gasteiger partial charge in [0.05, 0.1) is 17.5 Å². The van der Waals surface area contributed by atoms with Crippen molar-refractivity contribution >= 4 is 11.9 Å². The number of carboxylic acid groups (broad SMARTS) is 1. The quantitative estimate of drug-likeness (QED) is 0.874. The first-order chi connectivity index (χ1) is 10.6. The fourth-order valence-corrected chi connectivity index (χ4v) is 2.58. The maximum atomic E-state index is 11.9. The minimum absolute atomic E-state index is 0.199. The van der Waals surface area contributed by atoms with Gasteiger partial charge in [0.2, 0.25) is 5.91 Å². The molecule has 1 saturated carbocycles. The van der Waals surface area contributed by atoms with Crippen LogP contribution in [-0.2, 0) is 23.2 Å². The SMILES string of the molecule is Cn1cc(CNC(=O)C2CC2C(=O)O)c(-c2ccccc2)n1. The summed E-state index contributed by atoms with van der Waals surface area (Å²) in [5.41, 5.74) is 2.73. The lowest BCUT2D eigenvalue weighted by molar-refractivity contribution is -0.140. The first kappa shape index (κ1) is 14.3. The third-order valence-corrected chi connectivity index (χ3v) is 3.85. The normalized spacial score (nSPS) is 19.7. The average molecular weight is 299 g/mol. The summed E-state index contributed by atoms with van der Waals surface area (Å²) >= 11 is 0. The van der Waals surface area contributed by atoms with E-state index in [-0.39, 0.29) is 5.91 Å². The molecule has 2 unspecified atom stereocenters. The standard InChI is InChI=1S/C16H17N3O3/c1-19-9-11(14(18-19)10-5-3-2-4-6-10)8-17-15(20)12-7-13(12)16(21)22/h2-6,9,12-13H,7-8H2,1H3,(H,17,20)(H,21,22). The summed E-state index contributed by atoms with van der Waals surface area (Å²) in [6.07, 6.45) is 2.30. The van der Waals surface area contributed by atoms with E-state index in [1.807, 2.05) is 43.6 Å². The molecule has 0 bridgehead atoms. The number of carbonyl (C=O) groups is 2. The molecule has 0 radical (unpaired) electrons. The van der Waals surface area contributed by atoms with Crippen LogP contribution in [0.4, 0.5) is 0 Å². The van der Waals surface area contributed by atoms with Crippen LogP contribution in [0.1, 0.15) is 12.0 Å². The van der Waals surface area contributed by atoms with Gasteiger partial charge in [0.25, 0.3) is 0 Å². The van der Waals surface area contributed by atoms with Crippen LogP contribution >= 0.6 is 0 Å². The molecule has 1 amide bonds. The Morgan fingerprint density at radius 2 is 2.05 bits per heavy atom. The molecule has 1 heterocycles. The second kappa shape index (κ2) is 5.63. The van der Waals surface area contributed by atoms with Crippen molar-refractivity contribution in [1.82, 2.24) is 15.1 Å². The van der Waals surface area contributed by atoms with Crippen LogP contribution in [0.15, 0.2) is 36.5 Å². The number of aliphatic carboxylic acids is 1. The Morgan fingerprint density at radius 1 is 1.32 bits per heavy atom. The van der Waals surface area contributed by atoms with Crippen molar-refractivity contribution in [3.8, 4) is 11.3 Å². The van der Waals surface area contributed by atoms with Gasteiger partial charge >= 0.3 is 5.97 Å². The molecule has 22 heavy (non-hydrogen) atoms. The number of hydrogen-bond acceptors (Lipinski definition) is 3. The highest BCUT2D eigenvalue weighted by Crippen LogP contribution is 2.38. The van der Waals surface area contributed by atoms with E-state index in [0.717, 1.165) is 16.8 Å². The van der Waals surface area contributed by atoms with Crippen LogP contribution < -0.4 is 5.32 Å². The van der Waals surface area contributed by atoms with E-state index in [1.165, 1.54) is 0 Å². The highest BCUT2D eigenvalue weighted by atomic mass is 16.4. The Labute approximate surface area is 127 Å². The molecule has 1 aromatic carbocycles. The molecule has 2 atom stereocenters. The van der Waals surface area contributed by atoms with Gasteiger partial charge in [-0.3, -0.25) is 14.3 Å². The van der Waals surface area contributed by atoms with Crippen molar-refractivity contribution in [3.05, 3.63) is 42.1 Å². The molecule has 2 aromatic rings. The van der Waals surface area contributed by atoms with E-state index in [2.05, 4.69) is 10.4 Å². The molecule has 114 valence electrons. The van der Waals surface area contributed by atoms with Crippen LogP contribution in [0.25, 0.3) is 11.3 Å². The van der Waals surface area contributed by atoms with Crippen molar-refractivity contribution in [3.63, 3.8) is 0 Å². The number of hydrogen-bond donors (Lipinski definition) is 2. The van der Waals surface area contributed by atoms with E-state index in [0.29, 0.717) is 13.0 Å². The van der Waals surface area contributed by atoms with Gasteiger partial charge in [-0.1, -0.05) is 30.3 Å². The molecule has 6 nitrogen and oxygen atoms in total. The van der Waals surface area contributed by atoms with Crippen LogP contribution in [0.5, 0.6) is 0 Å². The molecular weight excluding hydrogens is 282 g/mol. The molecule has 0 spiro atoms. The Morgan fingerprint density at radius 3 is 2.68 bits per heavy atom. The lowest BCUT2D eigenvalue weighted by Crippen LogP contribution is -2.26. The molecule has 3 rings (SSSR count). The van der Waals surface area contributed by atoms with Crippen molar-refractivity contribution in [2.75, 3.05) is 0 Å². The summed E-state index contributed by atoms with van der Waals surface area (Å²) in [6, 6.07) is 9.75. The Bertz CT molecular complexity index is 709. The zero-order valence-corrected chi connectivity index (χ0v) is 12.2. The average Bonchev–Trinajstić information content (AvgIpc) is 3.23. The zero-order valence-electron chi connectivity index (χ0n) is 12.2. The second-order valence-corrected chi connectivity index (χ2v) is 5.55. The maximum Gasteiger partial charge on any atom is 0.307 e. The van der Waals surface area contributed by atoms with E-state index in [4.69, 9.17) is 5.11 Å². The predicted octanol–water partition coefficient (Wildman–Crippen LogP) is 1.42. The Balaban J connectivity index is 1.69. The largest absolute Gasteiger partial charge is 0.481 e. The molecule has 0 saturated heterocycles. The summed E-state index contributed by atoms with van der Waals surface area (Å²) in [7, 11) is 1.83. The summed E-state index contributed by atoms with van der Waals surface area (Å²) in [6.45, 7) is 0.347.